The number of anilines is 1. The molecular weight excluding hydrogens is 280 g/mol. The molecule has 0 fully saturated rings. The maximum atomic E-state index is 12.1. The van der Waals surface area contributed by atoms with Gasteiger partial charge in [0.15, 0.2) is 5.13 Å². The van der Waals surface area contributed by atoms with Gasteiger partial charge in [-0.15, -0.1) is 11.3 Å². The van der Waals surface area contributed by atoms with E-state index in [1.807, 2.05) is 12.1 Å². The first-order valence-corrected chi connectivity index (χ1v) is 8.35. The minimum atomic E-state index is -3.53. The van der Waals surface area contributed by atoms with Crippen molar-refractivity contribution in [3.8, 4) is 0 Å². The van der Waals surface area contributed by atoms with Crippen LogP contribution in [0.3, 0.4) is 0 Å². The molecule has 1 heterocycles. The lowest BCUT2D eigenvalue weighted by molar-refractivity contribution is 0.601. The SMILES string of the molecule is CC(C)Cc1ccc(S(=O)(=O)Nc2nccs2)cc1. The quantitative estimate of drug-likeness (QED) is 0.922. The van der Waals surface area contributed by atoms with Crippen molar-refractivity contribution in [3.05, 3.63) is 41.4 Å². The van der Waals surface area contributed by atoms with Crippen molar-refractivity contribution in [2.24, 2.45) is 5.92 Å². The maximum absolute atomic E-state index is 12.1. The third-order valence-corrected chi connectivity index (χ3v) is 4.70. The van der Waals surface area contributed by atoms with E-state index in [9.17, 15) is 8.42 Å². The lowest BCUT2D eigenvalue weighted by Crippen LogP contribution is -2.12. The predicted molar refractivity (Wildman–Crippen MR) is 77.9 cm³/mol. The molecule has 1 aromatic carbocycles. The summed E-state index contributed by atoms with van der Waals surface area (Å²) in [4.78, 5) is 4.17. The molecule has 0 aliphatic rings. The third kappa shape index (κ3) is 3.78. The number of rotatable bonds is 5. The fourth-order valence-corrected chi connectivity index (χ4v) is 3.51. The molecule has 1 N–H and O–H groups in total. The normalized spacial score (nSPS) is 11.7. The first-order valence-electron chi connectivity index (χ1n) is 5.98. The largest absolute Gasteiger partial charge is 0.263 e. The van der Waals surface area contributed by atoms with Gasteiger partial charge in [-0.3, -0.25) is 4.72 Å². The minimum absolute atomic E-state index is 0.259. The van der Waals surface area contributed by atoms with Gasteiger partial charge in [-0.25, -0.2) is 13.4 Å². The van der Waals surface area contributed by atoms with Crippen molar-refractivity contribution in [1.29, 1.82) is 0 Å². The Morgan fingerprint density at radius 3 is 2.47 bits per heavy atom. The molecule has 2 rings (SSSR count). The fraction of sp³-hybridized carbons (Fsp3) is 0.308. The van der Waals surface area contributed by atoms with Crippen LogP contribution in [0.15, 0.2) is 40.7 Å². The van der Waals surface area contributed by atoms with Gasteiger partial charge in [0, 0.05) is 11.6 Å². The first-order chi connectivity index (χ1) is 8.97. The van der Waals surface area contributed by atoms with Gasteiger partial charge in [0.2, 0.25) is 0 Å². The number of hydrogen-bond acceptors (Lipinski definition) is 4. The molecule has 19 heavy (non-hydrogen) atoms. The van der Waals surface area contributed by atoms with Gasteiger partial charge in [0.05, 0.1) is 4.90 Å². The Kier molecular flexibility index (Phi) is 4.21. The van der Waals surface area contributed by atoms with Gasteiger partial charge in [0.25, 0.3) is 10.0 Å². The predicted octanol–water partition coefficient (Wildman–Crippen LogP) is 3.14. The molecule has 6 heteroatoms. The molecule has 0 spiro atoms. The zero-order valence-electron chi connectivity index (χ0n) is 10.8. The van der Waals surface area contributed by atoms with Gasteiger partial charge in [-0.05, 0) is 30.0 Å². The smallest absolute Gasteiger partial charge is 0.255 e. The number of thiazole rings is 1. The van der Waals surface area contributed by atoms with Gasteiger partial charge in [-0.2, -0.15) is 0 Å². The molecular formula is C13H16N2O2S2. The number of nitrogens with zero attached hydrogens (tertiary/aromatic N) is 1. The molecule has 0 atom stereocenters. The average Bonchev–Trinajstić information content (AvgIpc) is 2.81. The molecule has 0 bridgehead atoms. The van der Waals surface area contributed by atoms with Crippen LogP contribution in [0.5, 0.6) is 0 Å². The highest BCUT2D eigenvalue weighted by Gasteiger charge is 2.15. The van der Waals surface area contributed by atoms with Gasteiger partial charge in [-0.1, -0.05) is 26.0 Å². The van der Waals surface area contributed by atoms with Gasteiger partial charge >= 0.3 is 0 Å². The minimum Gasteiger partial charge on any atom is -0.255 e. The zero-order chi connectivity index (χ0) is 13.9. The van der Waals surface area contributed by atoms with Gasteiger partial charge < -0.3 is 0 Å². The highest BCUT2D eigenvalue weighted by atomic mass is 32.2. The summed E-state index contributed by atoms with van der Waals surface area (Å²) >= 11 is 1.25. The van der Waals surface area contributed by atoms with Crippen LogP contribution < -0.4 is 4.72 Å². The van der Waals surface area contributed by atoms with Gasteiger partial charge in [0.1, 0.15) is 0 Å². The molecule has 2 aromatic rings. The summed E-state index contributed by atoms with van der Waals surface area (Å²) in [5, 5.41) is 2.11. The number of benzene rings is 1. The van der Waals surface area contributed by atoms with E-state index < -0.39 is 10.0 Å². The summed E-state index contributed by atoms with van der Waals surface area (Å²) < 4.78 is 26.6. The van der Waals surface area contributed by atoms with Crippen LogP contribution in [-0.4, -0.2) is 13.4 Å². The number of hydrogen-bond donors (Lipinski definition) is 1. The molecule has 0 radical (unpaired) electrons. The van der Waals surface area contributed by atoms with E-state index in [1.165, 1.54) is 11.3 Å². The van der Waals surface area contributed by atoms with E-state index in [-0.39, 0.29) is 4.90 Å². The van der Waals surface area contributed by atoms with Crippen LogP contribution in [0.1, 0.15) is 19.4 Å². The standard InChI is InChI=1S/C13H16N2O2S2/c1-10(2)9-11-3-5-12(6-4-11)19(16,17)15-13-14-7-8-18-13/h3-8,10H,9H2,1-2H3,(H,14,15). The topological polar surface area (TPSA) is 59.1 Å². The van der Waals surface area contributed by atoms with Crippen molar-refractivity contribution in [3.63, 3.8) is 0 Å². The number of nitrogens with one attached hydrogen (secondary N) is 1. The van der Waals surface area contributed by atoms with Crippen molar-refractivity contribution in [2.75, 3.05) is 4.72 Å². The van der Waals surface area contributed by atoms with Crippen LogP contribution in [0, 0.1) is 5.92 Å². The highest BCUT2D eigenvalue weighted by Crippen LogP contribution is 2.19. The summed E-state index contributed by atoms with van der Waals surface area (Å²) in [7, 11) is -3.53. The van der Waals surface area contributed by atoms with Crippen LogP contribution >= 0.6 is 11.3 Å². The summed E-state index contributed by atoms with van der Waals surface area (Å²) in [6.07, 6.45) is 2.51. The second kappa shape index (κ2) is 5.71. The monoisotopic (exact) mass is 296 g/mol. The average molecular weight is 296 g/mol. The summed E-state index contributed by atoms with van der Waals surface area (Å²) in [6, 6.07) is 6.98. The molecule has 0 saturated heterocycles. The Morgan fingerprint density at radius 1 is 1.26 bits per heavy atom. The van der Waals surface area contributed by atoms with Crippen molar-refractivity contribution >= 4 is 26.5 Å². The summed E-state index contributed by atoms with van der Waals surface area (Å²) in [6.45, 7) is 4.27. The van der Waals surface area contributed by atoms with E-state index in [0.29, 0.717) is 11.0 Å². The molecule has 0 amide bonds. The third-order valence-electron chi connectivity index (χ3n) is 2.53. The lowest BCUT2D eigenvalue weighted by Gasteiger charge is -2.07. The fourth-order valence-electron chi connectivity index (χ4n) is 1.72. The zero-order valence-corrected chi connectivity index (χ0v) is 12.5. The van der Waals surface area contributed by atoms with Crippen LogP contribution in [0.4, 0.5) is 5.13 Å². The molecule has 0 aliphatic carbocycles. The van der Waals surface area contributed by atoms with Crippen LogP contribution in [0.2, 0.25) is 0 Å². The van der Waals surface area contributed by atoms with Crippen LogP contribution in [0.25, 0.3) is 0 Å². The molecule has 0 aliphatic heterocycles. The Morgan fingerprint density at radius 2 is 1.95 bits per heavy atom. The van der Waals surface area contributed by atoms with Crippen LogP contribution in [-0.2, 0) is 16.4 Å². The first kappa shape index (κ1) is 14.0. The summed E-state index contributed by atoms with van der Waals surface area (Å²) in [5.74, 6) is 0.552. The lowest BCUT2D eigenvalue weighted by atomic mass is 10.0. The van der Waals surface area contributed by atoms with E-state index >= 15 is 0 Å². The Hall–Kier alpha value is -1.40. The van der Waals surface area contributed by atoms with Crippen molar-refractivity contribution in [1.82, 2.24) is 4.98 Å². The molecule has 102 valence electrons. The van der Waals surface area contributed by atoms with E-state index in [1.54, 1.807) is 23.7 Å². The number of aromatic nitrogens is 1. The second-order valence-electron chi connectivity index (χ2n) is 4.68. The van der Waals surface area contributed by atoms with E-state index in [2.05, 4.69) is 23.6 Å². The maximum Gasteiger partial charge on any atom is 0.263 e. The molecule has 1 aromatic heterocycles. The Balaban J connectivity index is 2.17. The second-order valence-corrected chi connectivity index (χ2v) is 7.26. The molecule has 0 saturated carbocycles. The van der Waals surface area contributed by atoms with Crippen molar-refractivity contribution in [2.45, 2.75) is 25.2 Å². The van der Waals surface area contributed by atoms with E-state index in [4.69, 9.17) is 0 Å². The van der Waals surface area contributed by atoms with E-state index in [0.717, 1.165) is 12.0 Å². The Bertz CT molecular complexity index is 617. The number of sulfonamides is 1. The Labute approximate surface area is 117 Å². The summed E-state index contributed by atoms with van der Waals surface area (Å²) in [5.41, 5.74) is 1.14. The van der Waals surface area contributed by atoms with Crippen molar-refractivity contribution < 1.29 is 8.42 Å². The molecule has 4 nitrogen and oxygen atoms in total. The highest BCUT2D eigenvalue weighted by molar-refractivity contribution is 7.93. The molecule has 0 unspecified atom stereocenters.